The molecule has 0 aliphatic rings. The van der Waals surface area contributed by atoms with E-state index in [2.05, 4.69) is 10.3 Å². The number of aromatic nitrogens is 3. The van der Waals surface area contributed by atoms with Crippen molar-refractivity contribution in [3.8, 4) is 0 Å². The van der Waals surface area contributed by atoms with Crippen LogP contribution in [-0.2, 0) is 27.4 Å². The van der Waals surface area contributed by atoms with E-state index < -0.39 is 0 Å². The maximum atomic E-state index is 8.52. The lowest BCUT2D eigenvalue weighted by molar-refractivity contribution is -0.0165. The fraction of sp³-hybridized carbons (Fsp3) is 0.846. The van der Waals surface area contributed by atoms with Gasteiger partial charge in [-0.2, -0.15) is 0 Å². The molecule has 116 valence electrons. The molecule has 1 aromatic rings. The first kappa shape index (κ1) is 17.0. The monoisotopic (exact) mass is 287 g/mol. The van der Waals surface area contributed by atoms with Crippen LogP contribution < -0.4 is 0 Å². The number of hydrogen-bond acceptors (Lipinski definition) is 6. The molecule has 0 saturated heterocycles. The van der Waals surface area contributed by atoms with Crippen LogP contribution in [0.2, 0.25) is 0 Å². The van der Waals surface area contributed by atoms with Crippen LogP contribution in [0.5, 0.6) is 0 Å². The SMILES string of the molecule is CC(C)(C)OCc1cn(CCOCCOCCO)nn1. The molecule has 0 amide bonds. The molecule has 0 fully saturated rings. The lowest BCUT2D eigenvalue weighted by Crippen LogP contribution is -2.18. The fourth-order valence-electron chi connectivity index (χ4n) is 1.35. The molecule has 0 saturated carbocycles. The van der Waals surface area contributed by atoms with Gasteiger partial charge in [-0.1, -0.05) is 5.21 Å². The van der Waals surface area contributed by atoms with Crippen molar-refractivity contribution in [1.82, 2.24) is 15.0 Å². The lowest BCUT2D eigenvalue weighted by Gasteiger charge is -2.18. The number of ether oxygens (including phenoxy) is 3. The van der Waals surface area contributed by atoms with Crippen molar-refractivity contribution in [1.29, 1.82) is 0 Å². The quantitative estimate of drug-likeness (QED) is 0.636. The summed E-state index contributed by atoms with van der Waals surface area (Å²) >= 11 is 0. The van der Waals surface area contributed by atoms with Crippen molar-refractivity contribution >= 4 is 0 Å². The Balaban J connectivity index is 2.11. The number of nitrogens with zero attached hydrogens (tertiary/aromatic N) is 3. The summed E-state index contributed by atoms with van der Waals surface area (Å²) in [7, 11) is 0. The topological polar surface area (TPSA) is 78.6 Å². The van der Waals surface area contributed by atoms with Crippen LogP contribution in [0.15, 0.2) is 6.20 Å². The van der Waals surface area contributed by atoms with Gasteiger partial charge in [0, 0.05) is 0 Å². The van der Waals surface area contributed by atoms with Crippen LogP contribution in [0.25, 0.3) is 0 Å². The lowest BCUT2D eigenvalue weighted by atomic mass is 10.2. The number of hydrogen-bond donors (Lipinski definition) is 1. The molecule has 0 aromatic carbocycles. The average molecular weight is 287 g/mol. The summed E-state index contributed by atoms with van der Waals surface area (Å²) in [5, 5.41) is 16.6. The van der Waals surface area contributed by atoms with E-state index >= 15 is 0 Å². The Morgan fingerprint density at radius 1 is 1.15 bits per heavy atom. The highest BCUT2D eigenvalue weighted by Gasteiger charge is 2.11. The fourth-order valence-corrected chi connectivity index (χ4v) is 1.35. The first-order valence-corrected chi connectivity index (χ1v) is 6.80. The summed E-state index contributed by atoms with van der Waals surface area (Å²) in [6.07, 6.45) is 1.86. The minimum atomic E-state index is -0.179. The van der Waals surface area contributed by atoms with E-state index in [4.69, 9.17) is 19.3 Å². The van der Waals surface area contributed by atoms with Crippen molar-refractivity contribution < 1.29 is 19.3 Å². The smallest absolute Gasteiger partial charge is 0.108 e. The first-order valence-electron chi connectivity index (χ1n) is 6.80. The first-order chi connectivity index (χ1) is 9.51. The van der Waals surface area contributed by atoms with Crippen molar-refractivity contribution in [3.05, 3.63) is 11.9 Å². The Morgan fingerprint density at radius 3 is 2.50 bits per heavy atom. The Kier molecular flexibility index (Phi) is 7.68. The summed E-state index contributed by atoms with van der Waals surface area (Å²) in [5.74, 6) is 0. The largest absolute Gasteiger partial charge is 0.394 e. The van der Waals surface area contributed by atoms with Gasteiger partial charge in [-0.3, -0.25) is 0 Å². The van der Waals surface area contributed by atoms with Gasteiger partial charge in [0.25, 0.3) is 0 Å². The van der Waals surface area contributed by atoms with E-state index in [0.717, 1.165) is 5.69 Å². The molecule has 20 heavy (non-hydrogen) atoms. The van der Waals surface area contributed by atoms with Crippen LogP contribution in [0.4, 0.5) is 0 Å². The van der Waals surface area contributed by atoms with Gasteiger partial charge in [0.05, 0.1) is 58.0 Å². The molecule has 1 heterocycles. The standard InChI is InChI=1S/C13H25N3O4/c1-13(2,3)20-11-12-10-16(15-14-12)4-6-18-8-9-19-7-5-17/h10,17H,4-9,11H2,1-3H3. The zero-order chi connectivity index (χ0) is 14.8. The third-order valence-electron chi connectivity index (χ3n) is 2.31. The predicted molar refractivity (Wildman–Crippen MR) is 73.3 cm³/mol. The minimum absolute atomic E-state index is 0.0400. The van der Waals surface area contributed by atoms with Crippen molar-refractivity contribution in [2.24, 2.45) is 0 Å². The van der Waals surface area contributed by atoms with Gasteiger partial charge in [-0.15, -0.1) is 5.10 Å². The maximum Gasteiger partial charge on any atom is 0.108 e. The van der Waals surface area contributed by atoms with E-state index in [-0.39, 0.29) is 12.2 Å². The summed E-state index contributed by atoms with van der Waals surface area (Å²) < 4.78 is 17.8. The number of aliphatic hydroxyl groups excluding tert-OH is 1. The van der Waals surface area contributed by atoms with E-state index in [1.165, 1.54) is 0 Å². The van der Waals surface area contributed by atoms with Crippen LogP contribution >= 0.6 is 0 Å². The summed E-state index contributed by atoms with van der Waals surface area (Å²) in [5.41, 5.74) is 0.632. The van der Waals surface area contributed by atoms with Gasteiger partial charge < -0.3 is 19.3 Å². The highest BCUT2D eigenvalue weighted by Crippen LogP contribution is 2.09. The molecule has 1 N–H and O–H groups in total. The van der Waals surface area contributed by atoms with E-state index in [9.17, 15) is 0 Å². The molecule has 0 bridgehead atoms. The molecule has 7 heteroatoms. The molecular weight excluding hydrogens is 262 g/mol. The Labute approximate surface area is 119 Å². The number of rotatable bonds is 10. The molecule has 0 spiro atoms. The summed E-state index contributed by atoms with van der Waals surface area (Å²) in [4.78, 5) is 0. The molecule has 0 aliphatic heterocycles. The Morgan fingerprint density at radius 2 is 1.85 bits per heavy atom. The highest BCUT2D eigenvalue weighted by atomic mass is 16.5. The Hall–Kier alpha value is -1.02. The average Bonchev–Trinajstić information content (AvgIpc) is 2.82. The van der Waals surface area contributed by atoms with E-state index in [1.54, 1.807) is 4.68 Å². The van der Waals surface area contributed by atoms with Crippen LogP contribution in [0, 0.1) is 0 Å². The zero-order valence-corrected chi connectivity index (χ0v) is 12.5. The summed E-state index contributed by atoms with van der Waals surface area (Å²) in [6.45, 7) is 9.05. The van der Waals surface area contributed by atoms with Gasteiger partial charge in [-0.05, 0) is 20.8 Å². The van der Waals surface area contributed by atoms with Gasteiger partial charge in [0.2, 0.25) is 0 Å². The normalized spacial score (nSPS) is 12.0. The van der Waals surface area contributed by atoms with E-state index in [0.29, 0.717) is 39.6 Å². The molecule has 0 radical (unpaired) electrons. The van der Waals surface area contributed by atoms with E-state index in [1.807, 2.05) is 27.0 Å². The van der Waals surface area contributed by atoms with Crippen molar-refractivity contribution in [3.63, 3.8) is 0 Å². The third kappa shape index (κ3) is 8.21. The van der Waals surface area contributed by atoms with Crippen LogP contribution in [0.1, 0.15) is 26.5 Å². The summed E-state index contributed by atoms with van der Waals surface area (Å²) in [6, 6.07) is 0. The Bertz CT molecular complexity index is 363. The minimum Gasteiger partial charge on any atom is -0.394 e. The number of aliphatic hydroxyl groups is 1. The molecule has 1 rings (SSSR count). The molecule has 0 aliphatic carbocycles. The third-order valence-corrected chi connectivity index (χ3v) is 2.31. The molecule has 0 atom stereocenters. The zero-order valence-electron chi connectivity index (χ0n) is 12.5. The second-order valence-electron chi connectivity index (χ2n) is 5.32. The van der Waals surface area contributed by atoms with Gasteiger partial charge in [-0.25, -0.2) is 4.68 Å². The van der Waals surface area contributed by atoms with Crippen molar-refractivity contribution in [2.75, 3.05) is 33.0 Å². The molecular formula is C13H25N3O4. The molecule has 7 nitrogen and oxygen atoms in total. The second kappa shape index (κ2) is 9.02. The van der Waals surface area contributed by atoms with Gasteiger partial charge >= 0.3 is 0 Å². The highest BCUT2D eigenvalue weighted by molar-refractivity contribution is 4.90. The predicted octanol–water partition coefficient (Wildman–Crippen LogP) is 0.619. The maximum absolute atomic E-state index is 8.52. The van der Waals surface area contributed by atoms with Crippen molar-refractivity contribution in [2.45, 2.75) is 39.5 Å². The van der Waals surface area contributed by atoms with Crippen LogP contribution in [0.3, 0.4) is 0 Å². The van der Waals surface area contributed by atoms with Gasteiger partial charge in [0.15, 0.2) is 0 Å². The second-order valence-corrected chi connectivity index (χ2v) is 5.32. The molecule has 1 aromatic heterocycles. The van der Waals surface area contributed by atoms with Crippen LogP contribution in [-0.4, -0.2) is 58.7 Å². The molecule has 0 unspecified atom stereocenters. The van der Waals surface area contributed by atoms with Gasteiger partial charge in [0.1, 0.15) is 5.69 Å².